The van der Waals surface area contributed by atoms with Crippen LogP contribution in [0, 0.1) is 5.82 Å². The van der Waals surface area contributed by atoms with Crippen LogP contribution in [0.2, 0.25) is 0 Å². The van der Waals surface area contributed by atoms with E-state index in [1.165, 1.54) is 12.1 Å². The molecule has 1 aliphatic rings. The fourth-order valence-electron chi connectivity index (χ4n) is 3.31. The van der Waals surface area contributed by atoms with E-state index in [4.69, 9.17) is 0 Å². The lowest BCUT2D eigenvalue weighted by molar-refractivity contribution is 0.182. The van der Waals surface area contributed by atoms with Crippen molar-refractivity contribution in [2.24, 2.45) is 0 Å². The summed E-state index contributed by atoms with van der Waals surface area (Å²) in [6.07, 6.45) is 2.01. The molecule has 1 aliphatic heterocycles. The van der Waals surface area contributed by atoms with Crippen molar-refractivity contribution in [3.05, 3.63) is 90.0 Å². The summed E-state index contributed by atoms with van der Waals surface area (Å²) in [6, 6.07) is 19.3. The van der Waals surface area contributed by atoms with Gasteiger partial charge < -0.3 is 14.8 Å². The second-order valence-corrected chi connectivity index (χ2v) is 6.07. The number of halogens is 1. The third-order valence-corrected chi connectivity index (χ3v) is 4.51. The van der Waals surface area contributed by atoms with Gasteiger partial charge in [0.2, 0.25) is 0 Å². The largest absolute Gasteiger partial charge is 0.348 e. The number of nitrogens with one attached hydrogen (secondary N) is 1. The Morgan fingerprint density at radius 3 is 2.48 bits per heavy atom. The van der Waals surface area contributed by atoms with Crippen molar-refractivity contribution < 1.29 is 9.18 Å². The molecule has 0 radical (unpaired) electrons. The Bertz CT molecular complexity index is 873. The van der Waals surface area contributed by atoms with Gasteiger partial charge in [-0.3, -0.25) is 0 Å². The van der Waals surface area contributed by atoms with Gasteiger partial charge >= 0.3 is 6.03 Å². The number of nitrogens with zero attached hydrogens (tertiary/aromatic N) is 2. The maximum atomic E-state index is 13.3. The topological polar surface area (TPSA) is 37.3 Å². The Morgan fingerprint density at radius 2 is 1.72 bits per heavy atom. The van der Waals surface area contributed by atoms with E-state index >= 15 is 0 Å². The molecule has 0 fully saturated rings. The number of fused-ring (bicyclic) bond motifs is 1. The number of rotatable bonds is 2. The first-order valence-corrected chi connectivity index (χ1v) is 8.25. The van der Waals surface area contributed by atoms with Crippen LogP contribution in [0.1, 0.15) is 17.3 Å². The molecule has 5 heteroatoms. The average Bonchev–Trinajstić information content (AvgIpc) is 3.11. The number of carbonyl (C=O) groups excluding carboxylic acids is 1. The second kappa shape index (κ2) is 6.43. The third kappa shape index (κ3) is 3.01. The minimum absolute atomic E-state index is 0.159. The zero-order valence-corrected chi connectivity index (χ0v) is 13.6. The Balaban J connectivity index is 1.68. The zero-order valence-electron chi connectivity index (χ0n) is 13.6. The van der Waals surface area contributed by atoms with Gasteiger partial charge in [-0.1, -0.05) is 30.3 Å². The number of hydrogen-bond acceptors (Lipinski definition) is 1. The standard InChI is InChI=1S/C20H18FN3O/c21-16-10-8-15(9-11-16)19-18-7-4-12-23(18)13-14-24(19)20(25)22-17-5-2-1-3-6-17/h1-12,19H,13-14H2,(H,22,25)/t19-/m1/s1. The van der Waals surface area contributed by atoms with Crippen molar-refractivity contribution in [3.63, 3.8) is 0 Å². The molecular formula is C20H18FN3O. The first-order valence-electron chi connectivity index (χ1n) is 8.25. The molecule has 4 rings (SSSR count). The predicted molar refractivity (Wildman–Crippen MR) is 94.8 cm³/mol. The van der Waals surface area contributed by atoms with Gasteiger partial charge in [0.1, 0.15) is 5.82 Å². The van der Waals surface area contributed by atoms with E-state index < -0.39 is 0 Å². The van der Waals surface area contributed by atoms with E-state index in [-0.39, 0.29) is 17.9 Å². The van der Waals surface area contributed by atoms with Crippen molar-refractivity contribution >= 4 is 11.7 Å². The monoisotopic (exact) mass is 335 g/mol. The van der Waals surface area contributed by atoms with Crippen LogP contribution in [0.3, 0.4) is 0 Å². The Kier molecular flexibility index (Phi) is 3.98. The van der Waals surface area contributed by atoms with E-state index in [1.54, 1.807) is 17.0 Å². The van der Waals surface area contributed by atoms with Crippen LogP contribution in [-0.2, 0) is 6.54 Å². The maximum absolute atomic E-state index is 13.3. The average molecular weight is 335 g/mol. The molecule has 0 saturated carbocycles. The van der Waals surface area contributed by atoms with Gasteiger partial charge in [-0.05, 0) is 42.0 Å². The SMILES string of the molecule is O=C(Nc1ccccc1)N1CCn2cccc2[C@H]1c1ccc(F)cc1. The molecule has 2 aromatic carbocycles. The van der Waals surface area contributed by atoms with Crippen molar-refractivity contribution in [3.8, 4) is 0 Å². The summed E-state index contributed by atoms with van der Waals surface area (Å²) < 4.78 is 15.5. The van der Waals surface area contributed by atoms with Crippen molar-refractivity contribution in [2.75, 3.05) is 11.9 Å². The van der Waals surface area contributed by atoms with Gasteiger partial charge in [0.05, 0.1) is 6.04 Å². The number of urea groups is 1. The van der Waals surface area contributed by atoms with Gasteiger partial charge in [-0.2, -0.15) is 0 Å². The molecule has 126 valence electrons. The van der Waals surface area contributed by atoms with E-state index in [9.17, 15) is 9.18 Å². The number of hydrogen-bond donors (Lipinski definition) is 1. The Labute approximate surface area is 145 Å². The summed E-state index contributed by atoms with van der Waals surface area (Å²) in [5.74, 6) is -0.282. The van der Waals surface area contributed by atoms with Crippen LogP contribution in [0.25, 0.3) is 0 Å². The molecule has 1 N–H and O–H groups in total. The van der Waals surface area contributed by atoms with E-state index in [0.717, 1.165) is 23.5 Å². The van der Waals surface area contributed by atoms with Crippen LogP contribution in [-0.4, -0.2) is 22.0 Å². The maximum Gasteiger partial charge on any atom is 0.322 e. The minimum atomic E-state index is -0.282. The quantitative estimate of drug-likeness (QED) is 0.746. The molecule has 1 aromatic heterocycles. The molecule has 3 aromatic rings. The molecule has 25 heavy (non-hydrogen) atoms. The summed E-state index contributed by atoms with van der Waals surface area (Å²) in [6.45, 7) is 1.32. The van der Waals surface area contributed by atoms with E-state index in [2.05, 4.69) is 9.88 Å². The van der Waals surface area contributed by atoms with Gasteiger partial charge in [-0.15, -0.1) is 0 Å². The predicted octanol–water partition coefficient (Wildman–Crippen LogP) is 4.26. The number of amides is 2. The van der Waals surface area contributed by atoms with E-state index in [0.29, 0.717) is 6.54 Å². The third-order valence-electron chi connectivity index (χ3n) is 4.51. The summed E-state index contributed by atoms with van der Waals surface area (Å²) in [5.41, 5.74) is 2.68. The number of anilines is 1. The minimum Gasteiger partial charge on any atom is -0.348 e. The molecule has 0 saturated heterocycles. The first-order chi connectivity index (χ1) is 12.2. The van der Waals surface area contributed by atoms with Gasteiger partial charge in [0, 0.05) is 30.7 Å². The molecule has 4 nitrogen and oxygen atoms in total. The lowest BCUT2D eigenvalue weighted by Crippen LogP contribution is -2.44. The molecule has 0 spiro atoms. The van der Waals surface area contributed by atoms with Gasteiger partial charge in [0.15, 0.2) is 0 Å². The molecule has 0 bridgehead atoms. The molecule has 1 atom stereocenters. The highest BCUT2D eigenvalue weighted by Crippen LogP contribution is 2.33. The van der Waals surface area contributed by atoms with Gasteiger partial charge in [-0.25, -0.2) is 9.18 Å². The Hall–Kier alpha value is -3.08. The normalized spacial score (nSPS) is 16.4. The van der Waals surface area contributed by atoms with Gasteiger partial charge in [0.25, 0.3) is 0 Å². The van der Waals surface area contributed by atoms with Crippen molar-refractivity contribution in [1.82, 2.24) is 9.47 Å². The lowest BCUT2D eigenvalue weighted by atomic mass is 10.0. The zero-order chi connectivity index (χ0) is 17.2. The highest BCUT2D eigenvalue weighted by Gasteiger charge is 2.32. The molecule has 0 unspecified atom stereocenters. The second-order valence-electron chi connectivity index (χ2n) is 6.07. The summed E-state index contributed by atoms with van der Waals surface area (Å²) in [7, 11) is 0. The fourth-order valence-corrected chi connectivity index (χ4v) is 3.31. The molecule has 0 aliphatic carbocycles. The smallest absolute Gasteiger partial charge is 0.322 e. The number of aromatic nitrogens is 1. The van der Waals surface area contributed by atoms with Crippen LogP contribution in [0.15, 0.2) is 72.9 Å². The summed E-state index contributed by atoms with van der Waals surface area (Å²) in [4.78, 5) is 14.7. The lowest BCUT2D eigenvalue weighted by Gasteiger charge is -2.37. The number of benzene rings is 2. The first kappa shape index (κ1) is 15.4. The highest BCUT2D eigenvalue weighted by molar-refractivity contribution is 5.90. The van der Waals surface area contributed by atoms with E-state index in [1.807, 2.05) is 48.7 Å². The van der Waals surface area contributed by atoms with Crippen LogP contribution < -0.4 is 5.32 Å². The van der Waals surface area contributed by atoms with Crippen molar-refractivity contribution in [2.45, 2.75) is 12.6 Å². The van der Waals surface area contributed by atoms with Crippen LogP contribution in [0.4, 0.5) is 14.9 Å². The fraction of sp³-hybridized carbons (Fsp3) is 0.150. The molecule has 2 heterocycles. The number of carbonyl (C=O) groups is 1. The summed E-state index contributed by atoms with van der Waals surface area (Å²) in [5, 5.41) is 2.95. The number of para-hydroxylation sites is 1. The molecular weight excluding hydrogens is 317 g/mol. The molecule has 2 amide bonds. The van der Waals surface area contributed by atoms with Crippen LogP contribution >= 0.6 is 0 Å². The Morgan fingerprint density at radius 1 is 0.960 bits per heavy atom. The van der Waals surface area contributed by atoms with Crippen molar-refractivity contribution in [1.29, 1.82) is 0 Å². The highest BCUT2D eigenvalue weighted by atomic mass is 19.1. The summed E-state index contributed by atoms with van der Waals surface area (Å²) >= 11 is 0. The van der Waals surface area contributed by atoms with Crippen LogP contribution in [0.5, 0.6) is 0 Å².